The van der Waals surface area contributed by atoms with E-state index >= 15 is 0 Å². The smallest absolute Gasteiger partial charge is 0.274 e. The molecule has 1 aliphatic rings. The van der Waals surface area contributed by atoms with Crippen LogP contribution in [0.2, 0.25) is 5.02 Å². The first-order valence-electron chi connectivity index (χ1n) is 10.5. The Labute approximate surface area is 187 Å². The van der Waals surface area contributed by atoms with Crippen molar-refractivity contribution in [2.75, 3.05) is 5.32 Å². The lowest BCUT2D eigenvalue weighted by Crippen LogP contribution is -2.26. The number of halogens is 1. The van der Waals surface area contributed by atoms with E-state index in [1.54, 1.807) is 6.07 Å². The molecule has 0 atom stereocenters. The summed E-state index contributed by atoms with van der Waals surface area (Å²) in [7, 11) is 0. The molecule has 158 valence electrons. The number of rotatable bonds is 5. The van der Waals surface area contributed by atoms with Crippen LogP contribution in [-0.2, 0) is 13.0 Å². The van der Waals surface area contributed by atoms with Gasteiger partial charge >= 0.3 is 0 Å². The number of nitrogens with one attached hydrogen (secondary N) is 1. The highest BCUT2D eigenvalue weighted by atomic mass is 35.5. The predicted octanol–water partition coefficient (Wildman–Crippen LogP) is 5.52. The Balaban J connectivity index is 1.66. The summed E-state index contributed by atoms with van der Waals surface area (Å²) in [6.07, 6.45) is 3.49. The Hall–Kier alpha value is -3.18. The Morgan fingerprint density at radius 1 is 1.13 bits per heavy atom. The second-order valence-electron chi connectivity index (χ2n) is 7.76. The van der Waals surface area contributed by atoms with Gasteiger partial charge in [-0.15, -0.1) is 0 Å². The van der Waals surface area contributed by atoms with Gasteiger partial charge in [-0.2, -0.15) is 9.78 Å². The molecule has 1 aromatic heterocycles. The normalized spacial score (nSPS) is 13.5. The minimum atomic E-state index is -0.170. The molecule has 0 saturated heterocycles. The fraction of sp³-hybridized carbons (Fsp3) is 0.240. The number of aryl methyl sites for hydroxylation is 1. The zero-order valence-corrected chi connectivity index (χ0v) is 18.3. The van der Waals surface area contributed by atoms with Crippen LogP contribution in [0.1, 0.15) is 48.8 Å². The lowest BCUT2D eigenvalue weighted by atomic mass is 9.99. The molecule has 31 heavy (non-hydrogen) atoms. The third-order valence-corrected chi connectivity index (χ3v) is 5.65. The Morgan fingerprint density at radius 2 is 1.94 bits per heavy atom. The number of nitrogens with zero attached hydrogens (tertiary/aromatic N) is 3. The van der Waals surface area contributed by atoms with Crippen LogP contribution in [-0.4, -0.2) is 15.4 Å². The summed E-state index contributed by atoms with van der Waals surface area (Å²) in [6, 6.07) is 17.2. The number of para-hydroxylation sites is 1. The molecule has 0 unspecified atom stereocenters. The van der Waals surface area contributed by atoms with E-state index in [0.717, 1.165) is 53.8 Å². The summed E-state index contributed by atoms with van der Waals surface area (Å²) in [5, 5.41) is 8.62. The van der Waals surface area contributed by atoms with Crippen LogP contribution in [0.5, 0.6) is 0 Å². The van der Waals surface area contributed by atoms with Gasteiger partial charge in [0, 0.05) is 12.5 Å². The van der Waals surface area contributed by atoms with Crippen molar-refractivity contribution in [1.29, 1.82) is 0 Å². The Kier molecular flexibility index (Phi) is 6.33. The highest BCUT2D eigenvalue weighted by molar-refractivity contribution is 6.33. The van der Waals surface area contributed by atoms with Crippen LogP contribution in [0.15, 0.2) is 71.1 Å². The Morgan fingerprint density at radius 3 is 2.74 bits per heavy atom. The first kappa shape index (κ1) is 21.1. The highest BCUT2D eigenvalue weighted by Gasteiger charge is 2.15. The van der Waals surface area contributed by atoms with Crippen molar-refractivity contribution in [2.45, 2.75) is 39.2 Å². The average molecular weight is 433 g/mol. The maximum atomic E-state index is 12.9. The van der Waals surface area contributed by atoms with Gasteiger partial charge in [0.25, 0.3) is 5.56 Å². The van der Waals surface area contributed by atoms with Gasteiger partial charge < -0.3 is 5.32 Å². The van der Waals surface area contributed by atoms with E-state index < -0.39 is 0 Å². The molecule has 0 bridgehead atoms. The summed E-state index contributed by atoms with van der Waals surface area (Å²) in [6.45, 7) is 6.44. The molecule has 5 nitrogen and oxygen atoms in total. The molecule has 0 fully saturated rings. The van der Waals surface area contributed by atoms with Crippen molar-refractivity contribution in [2.24, 2.45) is 5.10 Å². The number of benzene rings is 2. The molecule has 0 amide bonds. The molecule has 0 radical (unpaired) electrons. The van der Waals surface area contributed by atoms with Crippen molar-refractivity contribution >= 4 is 28.6 Å². The maximum absolute atomic E-state index is 12.9. The number of anilines is 1. The number of aromatic nitrogens is 2. The molecule has 1 N–H and O–H groups in total. The molecule has 2 heterocycles. The van der Waals surface area contributed by atoms with Gasteiger partial charge in [-0.1, -0.05) is 54.1 Å². The van der Waals surface area contributed by atoms with Crippen LogP contribution in [0.3, 0.4) is 0 Å². The first-order chi connectivity index (χ1) is 15.0. The van der Waals surface area contributed by atoms with Gasteiger partial charge in [0.2, 0.25) is 0 Å². The molecule has 0 saturated carbocycles. The molecule has 0 spiro atoms. The zero-order valence-electron chi connectivity index (χ0n) is 17.6. The standard InChI is InChI=1S/C25H25ClN4O/c1-17(2)18-8-7-9-19(14-18)22-11-5-6-13-24-28-20(15-25(31)30(24)29-22)16-27-23-12-4-3-10-21(23)26/h3-4,7-10,12,14-15,27H,1,5-6,11,13,16H2,2H3. The van der Waals surface area contributed by atoms with Crippen molar-refractivity contribution in [1.82, 2.24) is 9.66 Å². The molecule has 1 aliphatic heterocycles. The van der Waals surface area contributed by atoms with Gasteiger partial charge in [0.1, 0.15) is 5.82 Å². The van der Waals surface area contributed by atoms with E-state index in [2.05, 4.69) is 18.0 Å². The van der Waals surface area contributed by atoms with Gasteiger partial charge in [0.05, 0.1) is 28.7 Å². The number of hydrogen-bond acceptors (Lipinski definition) is 4. The highest BCUT2D eigenvalue weighted by Crippen LogP contribution is 2.21. The lowest BCUT2D eigenvalue weighted by Gasteiger charge is -2.16. The van der Waals surface area contributed by atoms with Crippen LogP contribution in [0.25, 0.3) is 5.57 Å². The zero-order chi connectivity index (χ0) is 21.8. The SMILES string of the molecule is C=C(C)c1cccc(C2=Nn3c(nc(CNc4ccccc4Cl)cc3=O)CCCC2)c1. The molecule has 0 aliphatic carbocycles. The average Bonchev–Trinajstić information content (AvgIpc) is 2.74. The van der Waals surface area contributed by atoms with Crippen LogP contribution in [0.4, 0.5) is 5.69 Å². The summed E-state index contributed by atoms with van der Waals surface area (Å²) >= 11 is 6.21. The minimum Gasteiger partial charge on any atom is -0.378 e. The van der Waals surface area contributed by atoms with Gasteiger partial charge in [-0.3, -0.25) is 4.79 Å². The second kappa shape index (κ2) is 9.31. The van der Waals surface area contributed by atoms with E-state index in [0.29, 0.717) is 23.1 Å². The molecule has 6 heteroatoms. The van der Waals surface area contributed by atoms with Crippen molar-refractivity contribution < 1.29 is 0 Å². The third-order valence-electron chi connectivity index (χ3n) is 5.32. The van der Waals surface area contributed by atoms with E-state index in [1.165, 1.54) is 4.68 Å². The first-order valence-corrected chi connectivity index (χ1v) is 10.8. The van der Waals surface area contributed by atoms with E-state index in [1.807, 2.05) is 49.4 Å². The quantitative estimate of drug-likeness (QED) is 0.577. The van der Waals surface area contributed by atoms with Crippen LogP contribution < -0.4 is 10.9 Å². The van der Waals surface area contributed by atoms with E-state index in [-0.39, 0.29) is 5.56 Å². The lowest BCUT2D eigenvalue weighted by molar-refractivity contribution is 0.627. The minimum absolute atomic E-state index is 0.170. The number of hydrogen-bond donors (Lipinski definition) is 1. The second-order valence-corrected chi connectivity index (χ2v) is 8.17. The third kappa shape index (κ3) is 4.94. The molecule has 3 aromatic rings. The molecule has 2 aromatic carbocycles. The fourth-order valence-corrected chi connectivity index (χ4v) is 3.84. The molecule has 4 rings (SSSR count). The van der Waals surface area contributed by atoms with Crippen LogP contribution in [0, 0.1) is 0 Å². The van der Waals surface area contributed by atoms with Crippen molar-refractivity contribution in [3.8, 4) is 0 Å². The summed E-state index contributed by atoms with van der Waals surface area (Å²) in [4.78, 5) is 17.7. The van der Waals surface area contributed by atoms with Gasteiger partial charge in [-0.05, 0) is 55.5 Å². The van der Waals surface area contributed by atoms with Crippen LogP contribution >= 0.6 is 11.6 Å². The monoisotopic (exact) mass is 432 g/mol. The predicted molar refractivity (Wildman–Crippen MR) is 128 cm³/mol. The topological polar surface area (TPSA) is 59.3 Å². The Bertz CT molecular complexity index is 1210. The summed E-state index contributed by atoms with van der Waals surface area (Å²) in [5.41, 5.74) is 5.32. The van der Waals surface area contributed by atoms with Crippen molar-refractivity contribution in [3.05, 3.63) is 99.2 Å². The van der Waals surface area contributed by atoms with Crippen molar-refractivity contribution in [3.63, 3.8) is 0 Å². The maximum Gasteiger partial charge on any atom is 0.274 e. The molecular weight excluding hydrogens is 408 g/mol. The van der Waals surface area contributed by atoms with Gasteiger partial charge in [0.15, 0.2) is 0 Å². The number of fused-ring (bicyclic) bond motifs is 1. The largest absolute Gasteiger partial charge is 0.378 e. The van der Waals surface area contributed by atoms with E-state index in [4.69, 9.17) is 21.7 Å². The van der Waals surface area contributed by atoms with Gasteiger partial charge in [-0.25, -0.2) is 4.98 Å². The summed E-state index contributed by atoms with van der Waals surface area (Å²) in [5.74, 6) is 0.691. The fourth-order valence-electron chi connectivity index (χ4n) is 3.64. The number of allylic oxidation sites excluding steroid dienone is 1. The summed E-state index contributed by atoms with van der Waals surface area (Å²) < 4.78 is 1.46. The van der Waals surface area contributed by atoms with E-state index in [9.17, 15) is 4.79 Å². The molecular formula is C25H25ClN4O.